The lowest BCUT2D eigenvalue weighted by atomic mass is 10.0. The normalized spacial score (nSPS) is 13.2. The second-order valence-corrected chi connectivity index (χ2v) is 4.75. The van der Waals surface area contributed by atoms with Crippen molar-refractivity contribution in [3.63, 3.8) is 0 Å². The van der Waals surface area contributed by atoms with E-state index >= 15 is 0 Å². The molecule has 106 valence electrons. The van der Waals surface area contributed by atoms with Crippen molar-refractivity contribution >= 4 is 11.5 Å². The van der Waals surface area contributed by atoms with Crippen LogP contribution in [-0.2, 0) is 0 Å². The summed E-state index contributed by atoms with van der Waals surface area (Å²) >= 11 is 0. The molecule has 0 spiro atoms. The molecular formula is C14H18F3NO. The van der Waals surface area contributed by atoms with Gasteiger partial charge < -0.3 is 5.32 Å². The van der Waals surface area contributed by atoms with Crippen LogP contribution in [0.15, 0.2) is 12.1 Å². The number of carbonyl (C=O) groups is 1. The van der Waals surface area contributed by atoms with E-state index in [1.54, 1.807) is 13.8 Å². The number of aryl methyl sites for hydroxylation is 1. The van der Waals surface area contributed by atoms with Crippen molar-refractivity contribution in [2.45, 2.75) is 46.1 Å². The zero-order valence-electron chi connectivity index (χ0n) is 11.5. The minimum Gasteiger partial charge on any atom is -0.377 e. The Hall–Kier alpha value is -1.52. The van der Waals surface area contributed by atoms with E-state index in [1.807, 2.05) is 0 Å². The highest BCUT2D eigenvalue weighted by molar-refractivity contribution is 5.97. The minimum atomic E-state index is -2.91. The van der Waals surface area contributed by atoms with Crippen molar-refractivity contribution in [2.75, 3.05) is 5.32 Å². The van der Waals surface area contributed by atoms with Crippen LogP contribution >= 0.6 is 0 Å². The lowest BCUT2D eigenvalue weighted by Gasteiger charge is -2.22. The van der Waals surface area contributed by atoms with E-state index in [1.165, 1.54) is 13.0 Å². The number of hydrogen-bond donors (Lipinski definition) is 1. The molecule has 0 saturated heterocycles. The van der Waals surface area contributed by atoms with E-state index in [0.29, 0.717) is 5.56 Å². The lowest BCUT2D eigenvalue weighted by Crippen LogP contribution is -2.34. The Kier molecular flexibility index (Phi) is 4.61. The number of anilines is 1. The van der Waals surface area contributed by atoms with E-state index in [4.69, 9.17) is 0 Å². The molecule has 1 aromatic rings. The Labute approximate surface area is 111 Å². The van der Waals surface area contributed by atoms with Gasteiger partial charge in [-0.3, -0.25) is 4.79 Å². The van der Waals surface area contributed by atoms with Gasteiger partial charge in [0, 0.05) is 19.0 Å². The first-order valence-corrected chi connectivity index (χ1v) is 6.14. The number of rotatable bonds is 5. The first-order valence-electron chi connectivity index (χ1n) is 6.14. The summed E-state index contributed by atoms with van der Waals surface area (Å²) in [5.74, 6) is -3.89. The molecule has 0 bridgehead atoms. The second-order valence-electron chi connectivity index (χ2n) is 4.75. The molecule has 0 saturated carbocycles. The van der Waals surface area contributed by atoms with Gasteiger partial charge in [-0.15, -0.1) is 0 Å². The van der Waals surface area contributed by atoms with Gasteiger partial charge in [0.15, 0.2) is 5.78 Å². The molecule has 0 fully saturated rings. The number of nitrogens with one attached hydrogen (secondary N) is 1. The molecule has 0 heterocycles. The second kappa shape index (κ2) is 5.63. The molecule has 0 aromatic heterocycles. The number of alkyl halides is 2. The summed E-state index contributed by atoms with van der Waals surface area (Å²) in [5.41, 5.74) is 0.724. The average Bonchev–Trinajstić information content (AvgIpc) is 2.26. The molecule has 1 rings (SSSR count). The minimum absolute atomic E-state index is 0.0314. The van der Waals surface area contributed by atoms with E-state index in [-0.39, 0.29) is 23.5 Å². The molecule has 0 aliphatic carbocycles. The first kappa shape index (κ1) is 15.5. The Morgan fingerprint density at radius 3 is 2.42 bits per heavy atom. The monoisotopic (exact) mass is 273 g/mol. The highest BCUT2D eigenvalue weighted by Crippen LogP contribution is 2.25. The third-order valence-electron chi connectivity index (χ3n) is 3.03. The summed E-state index contributed by atoms with van der Waals surface area (Å²) < 4.78 is 40.0. The summed E-state index contributed by atoms with van der Waals surface area (Å²) in [7, 11) is 0. The maximum absolute atomic E-state index is 13.8. The molecule has 0 amide bonds. The number of Topliss-reactive ketones (excluding diaryl/α,β-unsaturated/α-hetero) is 1. The van der Waals surface area contributed by atoms with Crippen molar-refractivity contribution in [3.05, 3.63) is 29.1 Å². The van der Waals surface area contributed by atoms with Crippen LogP contribution in [0.25, 0.3) is 0 Å². The molecule has 1 aromatic carbocycles. The fourth-order valence-corrected chi connectivity index (χ4v) is 1.73. The predicted octanol–water partition coefficient (Wildman–Crippen LogP) is 4.18. The van der Waals surface area contributed by atoms with Gasteiger partial charge >= 0.3 is 0 Å². The molecule has 0 radical (unpaired) electrons. The summed E-state index contributed by atoms with van der Waals surface area (Å²) in [5, 5.41) is 2.55. The molecule has 1 N–H and O–H groups in total. The van der Waals surface area contributed by atoms with Crippen LogP contribution in [0.3, 0.4) is 0 Å². The third kappa shape index (κ3) is 3.72. The van der Waals surface area contributed by atoms with Crippen LogP contribution in [0.4, 0.5) is 18.9 Å². The van der Waals surface area contributed by atoms with Crippen LogP contribution in [0, 0.1) is 12.7 Å². The average molecular weight is 273 g/mol. The number of hydrogen-bond acceptors (Lipinski definition) is 2. The topological polar surface area (TPSA) is 29.1 Å². The number of halogens is 3. The van der Waals surface area contributed by atoms with Crippen LogP contribution in [0.1, 0.15) is 43.1 Å². The van der Waals surface area contributed by atoms with E-state index in [2.05, 4.69) is 5.32 Å². The molecule has 1 unspecified atom stereocenters. The molecule has 19 heavy (non-hydrogen) atoms. The van der Waals surface area contributed by atoms with Crippen molar-refractivity contribution in [1.82, 2.24) is 0 Å². The molecular weight excluding hydrogens is 255 g/mol. The van der Waals surface area contributed by atoms with Gasteiger partial charge in [0.2, 0.25) is 0 Å². The smallest absolute Gasteiger partial charge is 0.264 e. The van der Waals surface area contributed by atoms with Crippen molar-refractivity contribution in [2.24, 2.45) is 0 Å². The summed E-state index contributed by atoms with van der Waals surface area (Å²) in [6.07, 6.45) is 0.202. The van der Waals surface area contributed by atoms with Crippen LogP contribution < -0.4 is 5.32 Å². The van der Waals surface area contributed by atoms with Crippen LogP contribution in [0.5, 0.6) is 0 Å². The standard InChI is InChI=1S/C14H18F3NO/c1-5-12(19)13-8(2)6-10(7-11(13)15)18-9(3)14(4,16)17/h6-7,9,18H,5H2,1-4H3. The van der Waals surface area contributed by atoms with E-state index < -0.39 is 17.8 Å². The van der Waals surface area contributed by atoms with Gasteiger partial charge in [0.05, 0.1) is 11.6 Å². The fourth-order valence-electron chi connectivity index (χ4n) is 1.73. The number of ketones is 1. The summed E-state index contributed by atoms with van der Waals surface area (Å²) in [6.45, 7) is 5.35. The Balaban J connectivity index is 3.05. The van der Waals surface area contributed by atoms with Gasteiger partial charge in [-0.25, -0.2) is 13.2 Å². The van der Waals surface area contributed by atoms with Gasteiger partial charge in [-0.2, -0.15) is 0 Å². The number of benzene rings is 1. The lowest BCUT2D eigenvalue weighted by molar-refractivity contribution is 0.00698. The van der Waals surface area contributed by atoms with Crippen molar-refractivity contribution in [1.29, 1.82) is 0 Å². The van der Waals surface area contributed by atoms with Crippen molar-refractivity contribution < 1.29 is 18.0 Å². The summed E-state index contributed by atoms with van der Waals surface area (Å²) in [6, 6.07) is 1.46. The fraction of sp³-hybridized carbons (Fsp3) is 0.500. The third-order valence-corrected chi connectivity index (χ3v) is 3.03. The zero-order chi connectivity index (χ0) is 14.8. The van der Waals surface area contributed by atoms with Crippen LogP contribution in [-0.4, -0.2) is 17.7 Å². The SMILES string of the molecule is CCC(=O)c1c(C)cc(NC(C)C(C)(F)F)cc1F. The largest absolute Gasteiger partial charge is 0.377 e. The highest BCUT2D eigenvalue weighted by atomic mass is 19.3. The van der Waals surface area contributed by atoms with Crippen molar-refractivity contribution in [3.8, 4) is 0 Å². The molecule has 2 nitrogen and oxygen atoms in total. The number of carbonyl (C=O) groups excluding carboxylic acids is 1. The highest BCUT2D eigenvalue weighted by Gasteiger charge is 2.30. The van der Waals surface area contributed by atoms with Crippen LogP contribution in [0.2, 0.25) is 0 Å². The molecule has 1 atom stereocenters. The Bertz CT molecular complexity index is 457. The van der Waals surface area contributed by atoms with E-state index in [9.17, 15) is 18.0 Å². The maximum atomic E-state index is 13.8. The van der Waals surface area contributed by atoms with Gasteiger partial charge in [0.25, 0.3) is 5.92 Å². The summed E-state index contributed by atoms with van der Waals surface area (Å²) in [4.78, 5) is 11.6. The van der Waals surface area contributed by atoms with E-state index in [0.717, 1.165) is 13.0 Å². The Morgan fingerprint density at radius 1 is 1.42 bits per heavy atom. The first-order chi connectivity index (χ1) is 8.66. The zero-order valence-corrected chi connectivity index (χ0v) is 11.5. The quantitative estimate of drug-likeness (QED) is 0.815. The Morgan fingerprint density at radius 2 is 2.00 bits per heavy atom. The van der Waals surface area contributed by atoms with Gasteiger partial charge in [0.1, 0.15) is 5.82 Å². The van der Waals surface area contributed by atoms with Gasteiger partial charge in [-0.05, 0) is 31.5 Å². The molecule has 0 aliphatic heterocycles. The van der Waals surface area contributed by atoms with Gasteiger partial charge in [-0.1, -0.05) is 6.92 Å². The predicted molar refractivity (Wildman–Crippen MR) is 69.5 cm³/mol. The molecule has 0 aliphatic rings. The maximum Gasteiger partial charge on any atom is 0.264 e. The molecule has 5 heteroatoms.